The number of hydrogen-bond acceptors (Lipinski definition) is 2. The highest BCUT2D eigenvalue weighted by atomic mass is 14.9. The second-order valence-corrected chi connectivity index (χ2v) is 5.99. The molecule has 2 N–H and O–H groups in total. The maximum Gasteiger partial charge on any atom is 0.0372 e. The third kappa shape index (κ3) is 3.85. The molecule has 1 atom stereocenters. The fourth-order valence-corrected chi connectivity index (χ4v) is 2.97. The van der Waals surface area contributed by atoms with Gasteiger partial charge in [-0.25, -0.2) is 0 Å². The zero-order valence-corrected chi connectivity index (χ0v) is 12.7. The predicted molar refractivity (Wildman–Crippen MR) is 89.7 cm³/mol. The third-order valence-corrected chi connectivity index (χ3v) is 4.15. The van der Waals surface area contributed by atoms with E-state index in [1.165, 1.54) is 35.2 Å². The minimum absolute atomic E-state index is 0.486. The van der Waals surface area contributed by atoms with Crippen LogP contribution in [0.25, 0.3) is 0 Å². The normalized spacial score (nSPS) is 15.1. The van der Waals surface area contributed by atoms with Crippen LogP contribution in [0.4, 0.5) is 5.69 Å². The zero-order chi connectivity index (χ0) is 14.5. The molecule has 2 aromatic rings. The van der Waals surface area contributed by atoms with Crippen LogP contribution in [-0.4, -0.2) is 12.6 Å². The Morgan fingerprint density at radius 1 is 1.10 bits per heavy atom. The second-order valence-electron chi connectivity index (χ2n) is 5.99. The number of rotatable bonds is 5. The van der Waals surface area contributed by atoms with Crippen molar-refractivity contribution >= 4 is 5.69 Å². The number of hydrogen-bond donors (Lipinski definition) is 2. The molecule has 110 valence electrons. The molecule has 0 amide bonds. The monoisotopic (exact) mass is 280 g/mol. The number of anilines is 1. The lowest BCUT2D eigenvalue weighted by molar-refractivity contribution is 0.545. The quantitative estimate of drug-likeness (QED) is 0.871. The van der Waals surface area contributed by atoms with Crippen molar-refractivity contribution in [1.82, 2.24) is 5.32 Å². The van der Waals surface area contributed by atoms with Crippen molar-refractivity contribution in [2.45, 2.75) is 38.8 Å². The van der Waals surface area contributed by atoms with Crippen LogP contribution in [0, 0.1) is 0 Å². The molecule has 21 heavy (non-hydrogen) atoms. The van der Waals surface area contributed by atoms with Crippen LogP contribution < -0.4 is 10.6 Å². The van der Waals surface area contributed by atoms with E-state index in [1.54, 1.807) is 0 Å². The number of aryl methyl sites for hydroxylation is 1. The Labute approximate surface area is 127 Å². The van der Waals surface area contributed by atoms with Crippen molar-refractivity contribution in [3.63, 3.8) is 0 Å². The van der Waals surface area contributed by atoms with Gasteiger partial charge in [0.1, 0.15) is 0 Å². The van der Waals surface area contributed by atoms with E-state index < -0.39 is 0 Å². The van der Waals surface area contributed by atoms with Gasteiger partial charge in [-0.3, -0.25) is 0 Å². The first-order valence-corrected chi connectivity index (χ1v) is 7.94. The van der Waals surface area contributed by atoms with Crippen LogP contribution in [0.5, 0.6) is 0 Å². The Kier molecular flexibility index (Phi) is 4.56. The van der Waals surface area contributed by atoms with Gasteiger partial charge in [-0.1, -0.05) is 42.5 Å². The summed E-state index contributed by atoms with van der Waals surface area (Å²) in [6.07, 6.45) is 3.54. The van der Waals surface area contributed by atoms with Crippen molar-refractivity contribution in [2.24, 2.45) is 0 Å². The first kappa shape index (κ1) is 14.2. The molecule has 2 aromatic carbocycles. The summed E-state index contributed by atoms with van der Waals surface area (Å²) in [7, 11) is 0. The molecule has 0 aromatic heterocycles. The number of fused-ring (bicyclic) bond motifs is 1. The molecule has 1 unspecified atom stereocenters. The summed E-state index contributed by atoms with van der Waals surface area (Å²) in [4.78, 5) is 0. The molecular formula is C19H24N2. The molecule has 0 bridgehead atoms. The van der Waals surface area contributed by atoms with E-state index in [0.717, 1.165) is 19.5 Å². The molecule has 0 aliphatic carbocycles. The average molecular weight is 280 g/mol. The van der Waals surface area contributed by atoms with Crippen molar-refractivity contribution in [3.05, 3.63) is 65.2 Å². The van der Waals surface area contributed by atoms with Crippen molar-refractivity contribution in [1.29, 1.82) is 0 Å². The summed E-state index contributed by atoms with van der Waals surface area (Å²) in [6, 6.07) is 18.0. The van der Waals surface area contributed by atoms with Gasteiger partial charge < -0.3 is 10.6 Å². The molecule has 0 saturated heterocycles. The SMILES string of the molecule is CC(Cc1ccc2c(c1)CCCN2)NCc1ccccc1. The van der Waals surface area contributed by atoms with Crippen LogP contribution in [0.3, 0.4) is 0 Å². The molecule has 0 fully saturated rings. The Bertz CT molecular complexity index is 577. The Balaban J connectivity index is 1.56. The summed E-state index contributed by atoms with van der Waals surface area (Å²) in [5, 5.41) is 7.09. The van der Waals surface area contributed by atoms with Crippen LogP contribution >= 0.6 is 0 Å². The predicted octanol–water partition coefficient (Wildman–Crippen LogP) is 3.77. The van der Waals surface area contributed by atoms with Gasteiger partial charge >= 0.3 is 0 Å². The molecule has 2 nitrogen and oxygen atoms in total. The Morgan fingerprint density at radius 3 is 2.81 bits per heavy atom. The molecule has 3 rings (SSSR count). The largest absolute Gasteiger partial charge is 0.385 e. The van der Waals surface area contributed by atoms with Gasteiger partial charge in [0.2, 0.25) is 0 Å². The van der Waals surface area contributed by atoms with Crippen molar-refractivity contribution in [3.8, 4) is 0 Å². The summed E-state index contributed by atoms with van der Waals surface area (Å²) in [5.74, 6) is 0. The van der Waals surface area contributed by atoms with Gasteiger partial charge in [0.25, 0.3) is 0 Å². The first-order chi connectivity index (χ1) is 10.3. The van der Waals surface area contributed by atoms with E-state index in [1.807, 2.05) is 0 Å². The van der Waals surface area contributed by atoms with Gasteiger partial charge in [0.05, 0.1) is 0 Å². The maximum atomic E-state index is 3.61. The lowest BCUT2D eigenvalue weighted by Gasteiger charge is -2.20. The molecule has 1 heterocycles. The van der Waals surface area contributed by atoms with Gasteiger partial charge in [-0.2, -0.15) is 0 Å². The Hall–Kier alpha value is -1.80. The van der Waals surface area contributed by atoms with Crippen LogP contribution in [-0.2, 0) is 19.4 Å². The number of benzene rings is 2. The van der Waals surface area contributed by atoms with E-state index in [-0.39, 0.29) is 0 Å². The smallest absolute Gasteiger partial charge is 0.0372 e. The fraction of sp³-hybridized carbons (Fsp3) is 0.368. The summed E-state index contributed by atoms with van der Waals surface area (Å²) >= 11 is 0. The third-order valence-electron chi connectivity index (χ3n) is 4.15. The van der Waals surface area contributed by atoms with E-state index in [2.05, 4.69) is 66.1 Å². The fourth-order valence-electron chi connectivity index (χ4n) is 2.97. The minimum atomic E-state index is 0.486. The molecule has 0 saturated carbocycles. The minimum Gasteiger partial charge on any atom is -0.385 e. The molecule has 2 heteroatoms. The Morgan fingerprint density at radius 2 is 1.95 bits per heavy atom. The zero-order valence-electron chi connectivity index (χ0n) is 12.7. The molecule has 0 spiro atoms. The van der Waals surface area contributed by atoms with E-state index in [9.17, 15) is 0 Å². The lowest BCUT2D eigenvalue weighted by atomic mass is 9.98. The summed E-state index contributed by atoms with van der Waals surface area (Å²) in [6.45, 7) is 4.32. The molecular weight excluding hydrogens is 256 g/mol. The average Bonchev–Trinajstić information content (AvgIpc) is 2.54. The van der Waals surface area contributed by atoms with Crippen molar-refractivity contribution < 1.29 is 0 Å². The van der Waals surface area contributed by atoms with Crippen molar-refractivity contribution in [2.75, 3.05) is 11.9 Å². The molecule has 0 radical (unpaired) electrons. The van der Waals surface area contributed by atoms with E-state index in [0.29, 0.717) is 6.04 Å². The highest BCUT2D eigenvalue weighted by Crippen LogP contribution is 2.23. The van der Waals surface area contributed by atoms with E-state index in [4.69, 9.17) is 0 Å². The molecule has 1 aliphatic rings. The highest BCUT2D eigenvalue weighted by molar-refractivity contribution is 5.54. The summed E-state index contributed by atoms with van der Waals surface area (Å²) < 4.78 is 0. The summed E-state index contributed by atoms with van der Waals surface area (Å²) in [5.41, 5.74) is 5.59. The topological polar surface area (TPSA) is 24.1 Å². The second kappa shape index (κ2) is 6.77. The van der Waals surface area contributed by atoms with Crippen LogP contribution in [0.1, 0.15) is 30.0 Å². The van der Waals surface area contributed by atoms with Gasteiger partial charge in [-0.05, 0) is 48.9 Å². The first-order valence-electron chi connectivity index (χ1n) is 7.94. The highest BCUT2D eigenvalue weighted by Gasteiger charge is 2.10. The van der Waals surface area contributed by atoms with Gasteiger partial charge in [0.15, 0.2) is 0 Å². The van der Waals surface area contributed by atoms with Gasteiger partial charge in [-0.15, -0.1) is 0 Å². The lowest BCUT2D eigenvalue weighted by Crippen LogP contribution is -2.27. The van der Waals surface area contributed by atoms with Crippen LogP contribution in [0.15, 0.2) is 48.5 Å². The maximum absolute atomic E-state index is 3.61. The number of nitrogens with one attached hydrogen (secondary N) is 2. The van der Waals surface area contributed by atoms with Gasteiger partial charge in [0, 0.05) is 24.8 Å². The standard InChI is InChI=1S/C19H24N2/c1-15(21-14-16-6-3-2-4-7-16)12-17-9-10-19-18(13-17)8-5-11-20-19/h2-4,6-7,9-10,13,15,20-21H,5,8,11-12,14H2,1H3. The van der Waals surface area contributed by atoms with E-state index >= 15 is 0 Å². The molecule has 1 aliphatic heterocycles. The van der Waals surface area contributed by atoms with Crippen LogP contribution in [0.2, 0.25) is 0 Å².